The largest absolute Gasteiger partial charge is 0.398 e. The molecule has 0 saturated heterocycles. The van der Waals surface area contributed by atoms with Crippen molar-refractivity contribution in [1.29, 1.82) is 0 Å². The van der Waals surface area contributed by atoms with E-state index in [1.54, 1.807) is 12.4 Å². The summed E-state index contributed by atoms with van der Waals surface area (Å²) in [5, 5.41) is 7.95. The quantitative estimate of drug-likeness (QED) is 0.729. The number of pyridine rings is 1. The van der Waals surface area contributed by atoms with Gasteiger partial charge < -0.3 is 16.4 Å². The first kappa shape index (κ1) is 14.1. The smallest absolute Gasteiger partial charge is 0.242 e. The molecule has 106 valence electrons. The zero-order valence-electron chi connectivity index (χ0n) is 11.8. The normalized spacial score (nSPS) is 12.1. The Morgan fingerprint density at radius 3 is 2.90 bits per heavy atom. The standard InChI is InChI=1S/C15H20N4O/c1-3-7-18-15(20)10(2)19-14-5-4-13(16)12-9-17-8-6-11(12)14/h4-6,8-10,19H,3,7,16H2,1-2H3,(H,18,20). The van der Waals surface area contributed by atoms with Crippen molar-refractivity contribution >= 4 is 28.1 Å². The minimum absolute atomic E-state index is 0.00844. The van der Waals surface area contributed by atoms with Crippen LogP contribution < -0.4 is 16.4 Å². The number of carbonyl (C=O) groups excluding carboxylic acids is 1. The van der Waals surface area contributed by atoms with Crippen LogP contribution in [0.3, 0.4) is 0 Å². The second-order valence-electron chi connectivity index (χ2n) is 4.78. The number of benzene rings is 1. The number of fused-ring (bicyclic) bond motifs is 1. The van der Waals surface area contributed by atoms with E-state index in [0.717, 1.165) is 22.9 Å². The van der Waals surface area contributed by atoms with E-state index in [4.69, 9.17) is 5.73 Å². The lowest BCUT2D eigenvalue weighted by Gasteiger charge is -2.17. The van der Waals surface area contributed by atoms with E-state index < -0.39 is 0 Å². The van der Waals surface area contributed by atoms with Gasteiger partial charge in [0.05, 0.1) is 0 Å². The van der Waals surface area contributed by atoms with E-state index >= 15 is 0 Å². The van der Waals surface area contributed by atoms with Gasteiger partial charge in [-0.1, -0.05) is 6.92 Å². The summed E-state index contributed by atoms with van der Waals surface area (Å²) < 4.78 is 0. The number of carbonyl (C=O) groups is 1. The monoisotopic (exact) mass is 272 g/mol. The lowest BCUT2D eigenvalue weighted by molar-refractivity contribution is -0.121. The molecular weight excluding hydrogens is 252 g/mol. The number of nitrogens with zero attached hydrogens (tertiary/aromatic N) is 1. The third-order valence-electron chi connectivity index (χ3n) is 3.17. The zero-order valence-corrected chi connectivity index (χ0v) is 11.8. The van der Waals surface area contributed by atoms with Crippen LogP contribution in [-0.4, -0.2) is 23.5 Å². The third-order valence-corrected chi connectivity index (χ3v) is 3.17. The molecule has 2 aromatic rings. The Morgan fingerprint density at radius 1 is 1.35 bits per heavy atom. The summed E-state index contributed by atoms with van der Waals surface area (Å²) in [6.07, 6.45) is 4.38. The fourth-order valence-electron chi connectivity index (χ4n) is 2.04. The van der Waals surface area contributed by atoms with Crippen LogP contribution >= 0.6 is 0 Å². The Balaban J connectivity index is 2.22. The van der Waals surface area contributed by atoms with Gasteiger partial charge in [0.25, 0.3) is 0 Å². The van der Waals surface area contributed by atoms with Crippen molar-refractivity contribution in [3.05, 3.63) is 30.6 Å². The van der Waals surface area contributed by atoms with Gasteiger partial charge >= 0.3 is 0 Å². The molecule has 5 nitrogen and oxygen atoms in total. The van der Waals surface area contributed by atoms with Crippen LogP contribution in [0.2, 0.25) is 0 Å². The maximum atomic E-state index is 11.9. The highest BCUT2D eigenvalue weighted by Crippen LogP contribution is 2.27. The Labute approximate surface area is 118 Å². The van der Waals surface area contributed by atoms with Crippen LogP contribution in [0.1, 0.15) is 20.3 Å². The zero-order chi connectivity index (χ0) is 14.5. The van der Waals surface area contributed by atoms with E-state index in [9.17, 15) is 4.79 Å². The van der Waals surface area contributed by atoms with Gasteiger partial charge in [0.1, 0.15) is 6.04 Å². The molecule has 1 unspecified atom stereocenters. The molecule has 0 radical (unpaired) electrons. The van der Waals surface area contributed by atoms with Crippen LogP contribution in [0.5, 0.6) is 0 Å². The molecule has 0 aliphatic rings. The molecule has 1 aromatic carbocycles. The molecule has 0 aliphatic heterocycles. The number of anilines is 2. The molecule has 1 atom stereocenters. The molecule has 1 heterocycles. The number of aromatic nitrogens is 1. The second kappa shape index (κ2) is 6.23. The molecule has 2 rings (SSSR count). The Morgan fingerprint density at radius 2 is 2.15 bits per heavy atom. The molecule has 1 amide bonds. The van der Waals surface area contributed by atoms with Gasteiger partial charge in [0, 0.05) is 41.1 Å². The van der Waals surface area contributed by atoms with Crippen molar-refractivity contribution < 1.29 is 4.79 Å². The van der Waals surface area contributed by atoms with Gasteiger partial charge in [0.15, 0.2) is 0 Å². The third kappa shape index (κ3) is 2.99. The van der Waals surface area contributed by atoms with Crippen molar-refractivity contribution in [3.63, 3.8) is 0 Å². The van der Waals surface area contributed by atoms with Gasteiger partial charge in [-0.15, -0.1) is 0 Å². The lowest BCUT2D eigenvalue weighted by Crippen LogP contribution is -2.37. The van der Waals surface area contributed by atoms with Crippen molar-refractivity contribution in [2.24, 2.45) is 0 Å². The first-order valence-corrected chi connectivity index (χ1v) is 6.80. The number of hydrogen-bond donors (Lipinski definition) is 3. The van der Waals surface area contributed by atoms with Gasteiger partial charge in [-0.25, -0.2) is 0 Å². The summed E-state index contributed by atoms with van der Waals surface area (Å²) in [4.78, 5) is 16.0. The highest BCUT2D eigenvalue weighted by atomic mass is 16.2. The molecule has 0 saturated carbocycles. The van der Waals surface area contributed by atoms with Crippen LogP contribution in [-0.2, 0) is 4.79 Å². The summed E-state index contributed by atoms with van der Waals surface area (Å²) >= 11 is 0. The number of nitrogens with two attached hydrogens (primary N) is 1. The minimum Gasteiger partial charge on any atom is -0.398 e. The fraction of sp³-hybridized carbons (Fsp3) is 0.333. The molecule has 0 spiro atoms. The number of nitrogen functional groups attached to an aromatic ring is 1. The van der Waals surface area contributed by atoms with Crippen molar-refractivity contribution in [2.75, 3.05) is 17.6 Å². The molecule has 0 aliphatic carbocycles. The summed E-state index contributed by atoms with van der Waals surface area (Å²) in [6, 6.07) is 5.30. The molecular formula is C15H20N4O. The van der Waals surface area contributed by atoms with E-state index in [1.807, 2.05) is 32.0 Å². The predicted molar refractivity (Wildman–Crippen MR) is 82.5 cm³/mol. The summed E-state index contributed by atoms with van der Waals surface area (Å²) in [6.45, 7) is 4.56. The fourth-order valence-corrected chi connectivity index (χ4v) is 2.04. The molecule has 5 heteroatoms. The molecule has 0 fully saturated rings. The molecule has 0 bridgehead atoms. The minimum atomic E-state index is -0.304. The first-order valence-electron chi connectivity index (χ1n) is 6.80. The van der Waals surface area contributed by atoms with Gasteiger partial charge in [-0.3, -0.25) is 9.78 Å². The van der Waals surface area contributed by atoms with Crippen molar-refractivity contribution in [3.8, 4) is 0 Å². The molecule has 1 aromatic heterocycles. The van der Waals surface area contributed by atoms with Crippen LogP contribution in [0.4, 0.5) is 11.4 Å². The van der Waals surface area contributed by atoms with Crippen LogP contribution in [0.15, 0.2) is 30.6 Å². The predicted octanol–water partition coefficient (Wildman–Crippen LogP) is 2.14. The van der Waals surface area contributed by atoms with Gasteiger partial charge in [-0.05, 0) is 31.5 Å². The molecule has 4 N–H and O–H groups in total. The first-order chi connectivity index (χ1) is 9.63. The number of nitrogens with one attached hydrogen (secondary N) is 2. The van der Waals surface area contributed by atoms with E-state index in [1.165, 1.54) is 0 Å². The average Bonchev–Trinajstić information content (AvgIpc) is 2.47. The van der Waals surface area contributed by atoms with E-state index in [-0.39, 0.29) is 11.9 Å². The van der Waals surface area contributed by atoms with Crippen LogP contribution in [0, 0.1) is 0 Å². The Bertz CT molecular complexity index is 612. The second-order valence-corrected chi connectivity index (χ2v) is 4.78. The summed E-state index contributed by atoms with van der Waals surface area (Å²) in [5.41, 5.74) is 7.50. The Hall–Kier alpha value is -2.30. The summed E-state index contributed by atoms with van der Waals surface area (Å²) in [7, 11) is 0. The van der Waals surface area contributed by atoms with E-state index in [2.05, 4.69) is 15.6 Å². The highest BCUT2D eigenvalue weighted by molar-refractivity contribution is 6.01. The number of amides is 1. The molecule has 20 heavy (non-hydrogen) atoms. The number of rotatable bonds is 5. The maximum absolute atomic E-state index is 11.9. The number of hydrogen-bond acceptors (Lipinski definition) is 4. The summed E-state index contributed by atoms with van der Waals surface area (Å²) in [5.74, 6) is -0.00844. The maximum Gasteiger partial charge on any atom is 0.242 e. The van der Waals surface area contributed by atoms with Gasteiger partial charge in [-0.2, -0.15) is 0 Å². The van der Waals surface area contributed by atoms with Crippen molar-refractivity contribution in [2.45, 2.75) is 26.3 Å². The SMILES string of the molecule is CCCNC(=O)C(C)Nc1ccc(N)c2cnccc12. The average molecular weight is 272 g/mol. The van der Waals surface area contributed by atoms with E-state index in [0.29, 0.717) is 12.2 Å². The van der Waals surface area contributed by atoms with Gasteiger partial charge in [0.2, 0.25) is 5.91 Å². The lowest BCUT2D eigenvalue weighted by atomic mass is 10.1. The topological polar surface area (TPSA) is 80.0 Å². The Kier molecular flexibility index (Phi) is 4.40. The van der Waals surface area contributed by atoms with Crippen molar-refractivity contribution in [1.82, 2.24) is 10.3 Å². The highest BCUT2D eigenvalue weighted by Gasteiger charge is 2.13. The van der Waals surface area contributed by atoms with Crippen LogP contribution in [0.25, 0.3) is 10.8 Å².